The van der Waals surface area contributed by atoms with Crippen LogP contribution < -0.4 is 0 Å². The number of hydrogen-bond donors (Lipinski definition) is 0. The molecule has 1 saturated carbocycles. The molecule has 0 aromatic heterocycles. The highest BCUT2D eigenvalue weighted by molar-refractivity contribution is 5.77. The van der Waals surface area contributed by atoms with Crippen LogP contribution in [0.3, 0.4) is 0 Å². The maximum Gasteiger partial charge on any atom is 0.222 e. The van der Waals surface area contributed by atoms with Gasteiger partial charge in [0.15, 0.2) is 0 Å². The summed E-state index contributed by atoms with van der Waals surface area (Å²) in [5.74, 6) is 0.331. The molecule has 10 heavy (non-hydrogen) atoms. The van der Waals surface area contributed by atoms with E-state index < -0.39 is 0 Å². The van der Waals surface area contributed by atoms with Crippen molar-refractivity contribution in [1.82, 2.24) is 4.90 Å². The maximum atomic E-state index is 11.0. The molecule has 2 rings (SSSR count). The summed E-state index contributed by atoms with van der Waals surface area (Å²) in [7, 11) is 1.92. The van der Waals surface area contributed by atoms with Crippen LogP contribution in [-0.2, 0) is 4.79 Å². The highest BCUT2D eigenvalue weighted by Gasteiger charge is 2.46. The van der Waals surface area contributed by atoms with Gasteiger partial charge in [-0.1, -0.05) is 0 Å². The molecular weight excluding hydrogens is 126 g/mol. The lowest BCUT2D eigenvalue weighted by Gasteiger charge is -2.29. The first kappa shape index (κ1) is 6.20. The zero-order chi connectivity index (χ0) is 7.19. The normalized spacial score (nSPS) is 29.3. The minimum absolute atomic E-state index is 0.331. The molecule has 0 N–H and O–H groups in total. The van der Waals surface area contributed by atoms with Crippen molar-refractivity contribution in [3.05, 3.63) is 0 Å². The molecule has 0 radical (unpaired) electrons. The Morgan fingerprint density at radius 2 is 2.10 bits per heavy atom. The Kier molecular flexibility index (Phi) is 1.08. The molecule has 2 fully saturated rings. The monoisotopic (exact) mass is 139 g/mol. The van der Waals surface area contributed by atoms with Crippen molar-refractivity contribution in [2.75, 3.05) is 13.6 Å². The van der Waals surface area contributed by atoms with Gasteiger partial charge in [0.25, 0.3) is 0 Å². The minimum Gasteiger partial charge on any atom is -0.345 e. The number of carbonyl (C=O) groups is 1. The SMILES string of the molecule is CN1CC2(CCC1=O)CC2. The van der Waals surface area contributed by atoms with Gasteiger partial charge in [-0.25, -0.2) is 0 Å². The lowest BCUT2D eigenvalue weighted by Crippen LogP contribution is -2.37. The zero-order valence-electron chi connectivity index (χ0n) is 6.39. The Morgan fingerprint density at radius 3 is 2.60 bits per heavy atom. The van der Waals surface area contributed by atoms with E-state index in [2.05, 4.69) is 0 Å². The van der Waals surface area contributed by atoms with Crippen molar-refractivity contribution in [3.63, 3.8) is 0 Å². The topological polar surface area (TPSA) is 20.3 Å². The smallest absolute Gasteiger partial charge is 0.222 e. The summed E-state index contributed by atoms with van der Waals surface area (Å²) in [6.45, 7) is 1.02. The largest absolute Gasteiger partial charge is 0.345 e. The molecule has 0 bridgehead atoms. The van der Waals surface area contributed by atoms with Gasteiger partial charge >= 0.3 is 0 Å². The lowest BCUT2D eigenvalue weighted by molar-refractivity contribution is -0.133. The van der Waals surface area contributed by atoms with Gasteiger partial charge in [0.2, 0.25) is 5.91 Å². The Hall–Kier alpha value is -0.530. The molecule has 2 aliphatic rings. The quantitative estimate of drug-likeness (QED) is 0.490. The van der Waals surface area contributed by atoms with Gasteiger partial charge in [-0.3, -0.25) is 4.79 Å². The van der Waals surface area contributed by atoms with E-state index in [1.807, 2.05) is 11.9 Å². The number of nitrogens with zero attached hydrogens (tertiary/aromatic N) is 1. The minimum atomic E-state index is 0.331. The van der Waals surface area contributed by atoms with Crippen LogP contribution in [0.25, 0.3) is 0 Å². The Balaban J connectivity index is 2.04. The number of likely N-dealkylation sites (tertiary alicyclic amines) is 1. The Bertz CT molecular complexity index is 172. The van der Waals surface area contributed by atoms with Crippen molar-refractivity contribution in [2.45, 2.75) is 25.7 Å². The first-order valence-electron chi connectivity index (χ1n) is 3.96. The van der Waals surface area contributed by atoms with E-state index in [4.69, 9.17) is 0 Å². The van der Waals surface area contributed by atoms with Gasteiger partial charge in [0.05, 0.1) is 0 Å². The number of amides is 1. The van der Waals surface area contributed by atoms with E-state index in [0.29, 0.717) is 11.3 Å². The van der Waals surface area contributed by atoms with E-state index in [1.54, 1.807) is 0 Å². The molecule has 0 aromatic rings. The van der Waals surface area contributed by atoms with Crippen LogP contribution in [-0.4, -0.2) is 24.4 Å². The summed E-state index contributed by atoms with van der Waals surface area (Å²) in [5.41, 5.74) is 0.586. The predicted octanol–water partition coefficient (Wildman–Crippen LogP) is 1.02. The third-order valence-electron chi connectivity index (χ3n) is 2.82. The van der Waals surface area contributed by atoms with Crippen LogP contribution in [0.1, 0.15) is 25.7 Å². The molecule has 1 amide bonds. The first-order chi connectivity index (χ1) is 4.72. The van der Waals surface area contributed by atoms with E-state index in [9.17, 15) is 4.79 Å². The fourth-order valence-electron chi connectivity index (χ4n) is 1.82. The van der Waals surface area contributed by atoms with Crippen molar-refractivity contribution < 1.29 is 4.79 Å². The summed E-state index contributed by atoms with van der Waals surface area (Å²) in [5, 5.41) is 0. The van der Waals surface area contributed by atoms with Crippen LogP contribution in [0.4, 0.5) is 0 Å². The van der Waals surface area contributed by atoms with Gasteiger partial charge in [0, 0.05) is 20.0 Å². The van der Waals surface area contributed by atoms with Crippen LogP contribution in [0.15, 0.2) is 0 Å². The van der Waals surface area contributed by atoms with Gasteiger partial charge in [-0.05, 0) is 24.7 Å². The van der Waals surface area contributed by atoms with Crippen molar-refractivity contribution >= 4 is 5.91 Å². The maximum absolute atomic E-state index is 11.0. The highest BCUT2D eigenvalue weighted by atomic mass is 16.2. The van der Waals surface area contributed by atoms with Gasteiger partial charge in [-0.2, -0.15) is 0 Å². The predicted molar refractivity (Wildman–Crippen MR) is 38.5 cm³/mol. The molecule has 0 unspecified atom stereocenters. The molecule has 0 atom stereocenters. The number of piperidine rings is 1. The van der Waals surface area contributed by atoms with E-state index in [1.165, 1.54) is 12.8 Å². The third kappa shape index (κ3) is 0.825. The van der Waals surface area contributed by atoms with Crippen molar-refractivity contribution in [1.29, 1.82) is 0 Å². The van der Waals surface area contributed by atoms with Crippen LogP contribution in [0.5, 0.6) is 0 Å². The molecule has 0 aromatic carbocycles. The molecule has 1 aliphatic heterocycles. The fraction of sp³-hybridized carbons (Fsp3) is 0.875. The average Bonchev–Trinajstić information content (AvgIpc) is 2.62. The molecule has 1 aliphatic carbocycles. The molecule has 56 valence electrons. The summed E-state index contributed by atoms with van der Waals surface area (Å²) in [6.07, 6.45) is 4.64. The van der Waals surface area contributed by atoms with Crippen LogP contribution in [0, 0.1) is 5.41 Å². The number of hydrogen-bond acceptors (Lipinski definition) is 1. The molecule has 2 nitrogen and oxygen atoms in total. The first-order valence-corrected chi connectivity index (χ1v) is 3.96. The summed E-state index contributed by atoms with van der Waals surface area (Å²) in [6, 6.07) is 0. The fourth-order valence-corrected chi connectivity index (χ4v) is 1.82. The zero-order valence-corrected chi connectivity index (χ0v) is 6.39. The van der Waals surface area contributed by atoms with E-state index >= 15 is 0 Å². The number of carbonyl (C=O) groups excluding carboxylic acids is 1. The van der Waals surface area contributed by atoms with E-state index in [-0.39, 0.29) is 0 Å². The second-order valence-corrected chi connectivity index (χ2v) is 3.75. The molecule has 1 saturated heterocycles. The average molecular weight is 139 g/mol. The highest BCUT2D eigenvalue weighted by Crippen LogP contribution is 2.51. The lowest BCUT2D eigenvalue weighted by atomic mass is 9.95. The molecule has 1 heterocycles. The molecule has 2 heteroatoms. The molecule has 1 spiro atoms. The Morgan fingerprint density at radius 1 is 1.40 bits per heavy atom. The second kappa shape index (κ2) is 1.74. The van der Waals surface area contributed by atoms with Crippen LogP contribution >= 0.6 is 0 Å². The standard InChI is InChI=1S/C8H13NO/c1-9-6-8(4-5-8)3-2-7(9)10/h2-6H2,1H3. The number of rotatable bonds is 0. The molecular formula is C8H13NO. The summed E-state index contributed by atoms with van der Waals surface area (Å²) >= 11 is 0. The van der Waals surface area contributed by atoms with Crippen molar-refractivity contribution in [2.24, 2.45) is 5.41 Å². The summed E-state index contributed by atoms with van der Waals surface area (Å²) < 4.78 is 0. The van der Waals surface area contributed by atoms with Crippen molar-refractivity contribution in [3.8, 4) is 0 Å². The Labute approximate surface area is 61.2 Å². The van der Waals surface area contributed by atoms with Gasteiger partial charge < -0.3 is 4.90 Å². The second-order valence-electron chi connectivity index (χ2n) is 3.75. The third-order valence-corrected chi connectivity index (χ3v) is 2.82. The van der Waals surface area contributed by atoms with E-state index in [0.717, 1.165) is 19.4 Å². The summed E-state index contributed by atoms with van der Waals surface area (Å²) in [4.78, 5) is 12.9. The van der Waals surface area contributed by atoms with Gasteiger partial charge in [-0.15, -0.1) is 0 Å². The van der Waals surface area contributed by atoms with Crippen LogP contribution in [0.2, 0.25) is 0 Å². The van der Waals surface area contributed by atoms with Gasteiger partial charge in [0.1, 0.15) is 0 Å².